The third-order valence-corrected chi connectivity index (χ3v) is 4.15. The van der Waals surface area contributed by atoms with E-state index in [-0.39, 0.29) is 12.2 Å². The molecule has 0 bridgehead atoms. The fourth-order valence-corrected chi connectivity index (χ4v) is 1.98. The van der Waals surface area contributed by atoms with Crippen molar-refractivity contribution >= 4 is 44.5 Å². The molecule has 0 radical (unpaired) electrons. The van der Waals surface area contributed by atoms with E-state index in [1.807, 2.05) is 0 Å². The molecule has 88 valence electrons. The topological polar surface area (TPSA) is 39.2 Å². The Bertz CT molecular complexity index is 415. The van der Waals surface area contributed by atoms with Gasteiger partial charge in [0.2, 0.25) is 0 Å². The van der Waals surface area contributed by atoms with Crippen LogP contribution < -0.4 is 0 Å². The van der Waals surface area contributed by atoms with E-state index in [2.05, 4.69) is 20.9 Å². The van der Waals surface area contributed by atoms with Crippen LogP contribution in [-0.2, 0) is 4.74 Å². The summed E-state index contributed by atoms with van der Waals surface area (Å²) in [6.07, 6.45) is -1.56. The average molecular weight is 406 g/mol. The largest absolute Gasteiger partial charge is 0.462 e. The number of pyridine rings is 1. The SMILES string of the molecule is CCOC(=O)c1c(C(F)F)ncc(Br)c1I. The van der Waals surface area contributed by atoms with Gasteiger partial charge in [-0.2, -0.15) is 0 Å². The summed E-state index contributed by atoms with van der Waals surface area (Å²) < 4.78 is 30.9. The highest BCUT2D eigenvalue weighted by Gasteiger charge is 2.25. The summed E-state index contributed by atoms with van der Waals surface area (Å²) in [4.78, 5) is 15.1. The molecule has 0 fully saturated rings. The Hall–Kier alpha value is -0.310. The third kappa shape index (κ3) is 2.88. The van der Waals surface area contributed by atoms with Gasteiger partial charge in [-0.25, -0.2) is 13.6 Å². The molecule has 0 spiro atoms. The maximum atomic E-state index is 12.7. The van der Waals surface area contributed by atoms with Crippen LogP contribution in [-0.4, -0.2) is 17.6 Å². The lowest BCUT2D eigenvalue weighted by molar-refractivity contribution is 0.0512. The van der Waals surface area contributed by atoms with Crippen molar-refractivity contribution in [1.82, 2.24) is 4.98 Å². The second-order valence-electron chi connectivity index (χ2n) is 2.70. The average Bonchev–Trinajstić information content (AvgIpc) is 2.21. The molecule has 0 amide bonds. The molecule has 1 aromatic rings. The van der Waals surface area contributed by atoms with Gasteiger partial charge in [0.1, 0.15) is 11.3 Å². The van der Waals surface area contributed by atoms with E-state index in [1.165, 1.54) is 6.20 Å². The van der Waals surface area contributed by atoms with E-state index in [0.717, 1.165) is 0 Å². The molecular formula is C9H7BrF2INO2. The van der Waals surface area contributed by atoms with Gasteiger partial charge in [-0.3, -0.25) is 4.98 Å². The highest BCUT2D eigenvalue weighted by Crippen LogP contribution is 2.29. The Balaban J connectivity index is 3.31. The van der Waals surface area contributed by atoms with Crippen molar-refractivity contribution in [1.29, 1.82) is 0 Å². The molecule has 0 N–H and O–H groups in total. The van der Waals surface area contributed by atoms with Gasteiger partial charge in [-0.05, 0) is 45.4 Å². The van der Waals surface area contributed by atoms with Gasteiger partial charge in [0.05, 0.1) is 11.1 Å². The predicted octanol–water partition coefficient (Wildman–Crippen LogP) is 3.56. The van der Waals surface area contributed by atoms with E-state index < -0.39 is 18.1 Å². The fourth-order valence-electron chi connectivity index (χ4n) is 1.04. The first-order valence-corrected chi connectivity index (χ1v) is 6.15. The summed E-state index contributed by atoms with van der Waals surface area (Å²) in [6.45, 7) is 1.74. The van der Waals surface area contributed by atoms with Crippen molar-refractivity contribution in [3.8, 4) is 0 Å². The Kier molecular flexibility index (Phi) is 5.03. The lowest BCUT2D eigenvalue weighted by atomic mass is 10.2. The number of aromatic nitrogens is 1. The molecule has 0 aliphatic heterocycles. The molecule has 0 aliphatic rings. The number of carbonyl (C=O) groups is 1. The minimum absolute atomic E-state index is 0.129. The van der Waals surface area contributed by atoms with Crippen molar-refractivity contribution in [2.45, 2.75) is 13.3 Å². The maximum absolute atomic E-state index is 12.7. The Morgan fingerprint density at radius 1 is 1.69 bits per heavy atom. The summed E-state index contributed by atoms with van der Waals surface area (Å²) in [7, 11) is 0. The Morgan fingerprint density at radius 3 is 2.81 bits per heavy atom. The molecule has 0 saturated carbocycles. The van der Waals surface area contributed by atoms with Gasteiger partial charge >= 0.3 is 5.97 Å². The molecule has 7 heteroatoms. The first-order valence-electron chi connectivity index (χ1n) is 4.28. The summed E-state index contributed by atoms with van der Waals surface area (Å²) in [5.41, 5.74) is -0.724. The van der Waals surface area contributed by atoms with E-state index in [9.17, 15) is 13.6 Å². The van der Waals surface area contributed by atoms with Crippen LogP contribution in [0.1, 0.15) is 29.4 Å². The second-order valence-corrected chi connectivity index (χ2v) is 4.63. The molecule has 1 aromatic heterocycles. The smallest absolute Gasteiger partial charge is 0.341 e. The minimum atomic E-state index is -2.80. The highest BCUT2D eigenvalue weighted by molar-refractivity contribution is 14.1. The molecular weight excluding hydrogens is 399 g/mol. The molecule has 3 nitrogen and oxygen atoms in total. The number of esters is 1. The molecule has 0 saturated heterocycles. The van der Waals surface area contributed by atoms with Crippen LogP contribution in [0.3, 0.4) is 0 Å². The van der Waals surface area contributed by atoms with Gasteiger partial charge < -0.3 is 4.74 Å². The van der Waals surface area contributed by atoms with E-state index in [4.69, 9.17) is 4.74 Å². The van der Waals surface area contributed by atoms with Crippen LogP contribution in [0.5, 0.6) is 0 Å². The monoisotopic (exact) mass is 405 g/mol. The van der Waals surface area contributed by atoms with Crippen molar-refractivity contribution in [2.75, 3.05) is 6.61 Å². The number of rotatable bonds is 3. The Morgan fingerprint density at radius 2 is 2.31 bits per heavy atom. The number of halogens is 4. The van der Waals surface area contributed by atoms with Gasteiger partial charge in [-0.1, -0.05) is 0 Å². The summed E-state index contributed by atoms with van der Waals surface area (Å²) in [6, 6.07) is 0. The first kappa shape index (κ1) is 13.8. The van der Waals surface area contributed by atoms with Crippen LogP contribution in [0.25, 0.3) is 0 Å². The molecule has 0 aromatic carbocycles. The number of carbonyl (C=O) groups excluding carboxylic acids is 1. The minimum Gasteiger partial charge on any atom is -0.462 e. The zero-order valence-corrected chi connectivity index (χ0v) is 11.9. The lowest BCUT2D eigenvalue weighted by Crippen LogP contribution is -2.12. The second kappa shape index (κ2) is 5.85. The number of hydrogen-bond acceptors (Lipinski definition) is 3. The van der Waals surface area contributed by atoms with Crippen molar-refractivity contribution < 1.29 is 18.3 Å². The molecule has 0 unspecified atom stereocenters. The van der Waals surface area contributed by atoms with Crippen molar-refractivity contribution in [3.63, 3.8) is 0 Å². The predicted molar refractivity (Wildman–Crippen MR) is 65.6 cm³/mol. The molecule has 1 heterocycles. The van der Waals surface area contributed by atoms with E-state index >= 15 is 0 Å². The summed E-state index contributed by atoms with van der Waals surface area (Å²) in [5, 5.41) is 0. The number of hydrogen-bond donors (Lipinski definition) is 0. The zero-order valence-electron chi connectivity index (χ0n) is 8.14. The summed E-state index contributed by atoms with van der Waals surface area (Å²) >= 11 is 4.92. The zero-order chi connectivity index (χ0) is 12.3. The number of nitrogens with zero attached hydrogens (tertiary/aromatic N) is 1. The number of alkyl halides is 2. The molecule has 0 aliphatic carbocycles. The molecule has 0 atom stereocenters. The van der Waals surface area contributed by atoms with Crippen LogP contribution in [0.4, 0.5) is 8.78 Å². The first-order chi connectivity index (χ1) is 7.49. The lowest BCUT2D eigenvalue weighted by Gasteiger charge is -2.10. The summed E-state index contributed by atoms with van der Waals surface area (Å²) in [5.74, 6) is -0.781. The maximum Gasteiger partial charge on any atom is 0.341 e. The van der Waals surface area contributed by atoms with Crippen LogP contribution >= 0.6 is 38.5 Å². The fraction of sp³-hybridized carbons (Fsp3) is 0.333. The Labute approximate surface area is 113 Å². The van der Waals surface area contributed by atoms with E-state index in [1.54, 1.807) is 29.5 Å². The van der Waals surface area contributed by atoms with Gasteiger partial charge in [0.25, 0.3) is 6.43 Å². The standard InChI is InChI=1S/C9H7BrF2INO2/c1-2-16-9(15)5-6(13)4(10)3-14-7(5)8(11)12/h3,8H,2H2,1H3. The van der Waals surface area contributed by atoms with Crippen LogP contribution in [0.2, 0.25) is 0 Å². The van der Waals surface area contributed by atoms with Gasteiger partial charge in [0.15, 0.2) is 0 Å². The molecule has 16 heavy (non-hydrogen) atoms. The van der Waals surface area contributed by atoms with Crippen molar-refractivity contribution in [2.24, 2.45) is 0 Å². The van der Waals surface area contributed by atoms with Crippen molar-refractivity contribution in [3.05, 3.63) is 25.5 Å². The third-order valence-electron chi connectivity index (χ3n) is 1.69. The normalized spacial score (nSPS) is 10.6. The quantitative estimate of drug-likeness (QED) is 0.570. The van der Waals surface area contributed by atoms with Gasteiger partial charge in [-0.15, -0.1) is 0 Å². The highest BCUT2D eigenvalue weighted by atomic mass is 127. The van der Waals surface area contributed by atoms with Crippen LogP contribution in [0, 0.1) is 3.57 Å². The van der Waals surface area contributed by atoms with E-state index in [0.29, 0.717) is 8.04 Å². The number of ether oxygens (including phenoxy) is 1. The van der Waals surface area contributed by atoms with Gasteiger partial charge in [0, 0.05) is 9.77 Å². The van der Waals surface area contributed by atoms with Crippen LogP contribution in [0.15, 0.2) is 10.7 Å². The molecule has 1 rings (SSSR count).